The number of nitrogens with zero attached hydrogens (tertiary/aromatic N) is 4. The van der Waals surface area contributed by atoms with Gasteiger partial charge >= 0.3 is 6.18 Å². The first-order chi connectivity index (χ1) is 11.9. The molecule has 0 aromatic carbocycles. The van der Waals surface area contributed by atoms with Crippen LogP contribution < -0.4 is 10.2 Å². The van der Waals surface area contributed by atoms with Gasteiger partial charge in [-0.1, -0.05) is 0 Å². The maximum atomic E-state index is 12.6. The molecule has 3 rings (SSSR count). The van der Waals surface area contributed by atoms with E-state index >= 15 is 0 Å². The highest BCUT2D eigenvalue weighted by atomic mass is 19.4. The van der Waals surface area contributed by atoms with E-state index < -0.39 is 11.7 Å². The molecule has 0 bridgehead atoms. The Balaban J connectivity index is 1.54. The Hall–Kier alpha value is -2.71. The number of rotatable bonds is 3. The van der Waals surface area contributed by atoms with Crippen molar-refractivity contribution in [3.8, 4) is 0 Å². The average Bonchev–Trinajstić information content (AvgIpc) is 2.62. The zero-order valence-corrected chi connectivity index (χ0v) is 13.2. The topological polar surface area (TPSA) is 71.0 Å². The number of amides is 1. The largest absolute Gasteiger partial charge is 0.417 e. The van der Waals surface area contributed by atoms with Crippen molar-refractivity contribution in [1.29, 1.82) is 0 Å². The number of carbonyl (C=O) groups is 1. The number of halogens is 3. The predicted molar refractivity (Wildman–Crippen MR) is 84.0 cm³/mol. The van der Waals surface area contributed by atoms with Crippen LogP contribution >= 0.6 is 0 Å². The number of piperidine rings is 1. The quantitative estimate of drug-likeness (QED) is 0.919. The molecule has 6 nitrogen and oxygen atoms in total. The van der Waals surface area contributed by atoms with Crippen LogP contribution in [0.4, 0.5) is 19.0 Å². The van der Waals surface area contributed by atoms with Gasteiger partial charge in [-0.3, -0.25) is 9.78 Å². The Labute approximate surface area is 142 Å². The third-order valence-corrected chi connectivity index (χ3v) is 4.03. The summed E-state index contributed by atoms with van der Waals surface area (Å²) in [4.78, 5) is 25.7. The Morgan fingerprint density at radius 2 is 1.88 bits per heavy atom. The van der Waals surface area contributed by atoms with E-state index in [9.17, 15) is 18.0 Å². The van der Waals surface area contributed by atoms with Crippen molar-refractivity contribution in [2.24, 2.45) is 0 Å². The fourth-order valence-corrected chi connectivity index (χ4v) is 2.67. The van der Waals surface area contributed by atoms with Crippen LogP contribution in [0, 0.1) is 0 Å². The minimum absolute atomic E-state index is 0.0137. The molecule has 0 aliphatic carbocycles. The van der Waals surface area contributed by atoms with Crippen molar-refractivity contribution < 1.29 is 18.0 Å². The second kappa shape index (κ2) is 7.04. The molecule has 0 atom stereocenters. The maximum absolute atomic E-state index is 12.6. The van der Waals surface area contributed by atoms with Crippen molar-refractivity contribution in [3.63, 3.8) is 0 Å². The lowest BCUT2D eigenvalue weighted by atomic mass is 10.0. The number of alkyl halides is 3. The molecule has 1 fully saturated rings. The van der Waals surface area contributed by atoms with Gasteiger partial charge in [-0.2, -0.15) is 13.2 Å². The highest BCUT2D eigenvalue weighted by Crippen LogP contribution is 2.29. The summed E-state index contributed by atoms with van der Waals surface area (Å²) in [7, 11) is 0. The number of aromatic nitrogens is 3. The second-order valence-corrected chi connectivity index (χ2v) is 5.73. The maximum Gasteiger partial charge on any atom is 0.417 e. The Morgan fingerprint density at radius 3 is 2.44 bits per heavy atom. The molecule has 3 heterocycles. The molecule has 1 N–H and O–H groups in total. The zero-order valence-electron chi connectivity index (χ0n) is 13.2. The summed E-state index contributed by atoms with van der Waals surface area (Å²) in [6, 6.07) is 2.39. The lowest BCUT2D eigenvalue weighted by Gasteiger charge is -2.33. The molecule has 0 spiro atoms. The summed E-state index contributed by atoms with van der Waals surface area (Å²) >= 11 is 0. The minimum Gasteiger partial charge on any atom is -0.356 e. The SMILES string of the molecule is O=C(NC1CCN(c2ccc(C(F)(F)F)cn2)CC1)c1cnccn1. The molecule has 25 heavy (non-hydrogen) atoms. The highest BCUT2D eigenvalue weighted by Gasteiger charge is 2.31. The Kier molecular flexibility index (Phi) is 4.82. The van der Waals surface area contributed by atoms with E-state index in [0.717, 1.165) is 12.3 Å². The van der Waals surface area contributed by atoms with E-state index in [1.807, 2.05) is 4.90 Å². The van der Waals surface area contributed by atoms with Crippen LogP contribution in [0.5, 0.6) is 0 Å². The summed E-state index contributed by atoms with van der Waals surface area (Å²) in [6.45, 7) is 1.20. The smallest absolute Gasteiger partial charge is 0.356 e. The lowest BCUT2D eigenvalue weighted by Crippen LogP contribution is -2.45. The van der Waals surface area contributed by atoms with Gasteiger partial charge in [-0.15, -0.1) is 0 Å². The molecule has 9 heteroatoms. The molecule has 132 valence electrons. The molecule has 1 amide bonds. The molecule has 0 saturated carbocycles. The van der Waals surface area contributed by atoms with Crippen molar-refractivity contribution >= 4 is 11.7 Å². The molecule has 1 aliphatic heterocycles. The summed E-state index contributed by atoms with van der Waals surface area (Å²) in [6.07, 6.45) is 2.15. The van der Waals surface area contributed by atoms with Crippen LogP contribution in [0.1, 0.15) is 28.9 Å². The lowest BCUT2D eigenvalue weighted by molar-refractivity contribution is -0.137. The minimum atomic E-state index is -4.39. The van der Waals surface area contributed by atoms with Crippen LogP contribution in [0.15, 0.2) is 36.9 Å². The third-order valence-electron chi connectivity index (χ3n) is 4.03. The molecular formula is C16H16F3N5O. The first kappa shape index (κ1) is 17.1. The molecule has 1 aliphatic rings. The van der Waals surface area contributed by atoms with Gasteiger partial charge in [0.1, 0.15) is 11.5 Å². The van der Waals surface area contributed by atoms with E-state index in [4.69, 9.17) is 0 Å². The van der Waals surface area contributed by atoms with E-state index in [0.29, 0.717) is 31.7 Å². The summed E-state index contributed by atoms with van der Waals surface area (Å²) in [5.74, 6) is 0.228. The van der Waals surface area contributed by atoms with Gasteiger partial charge in [0.15, 0.2) is 0 Å². The van der Waals surface area contributed by atoms with E-state index in [2.05, 4.69) is 20.3 Å². The first-order valence-corrected chi connectivity index (χ1v) is 7.78. The summed E-state index contributed by atoms with van der Waals surface area (Å²) in [5, 5.41) is 2.90. The van der Waals surface area contributed by atoms with Crippen molar-refractivity contribution in [1.82, 2.24) is 20.3 Å². The monoisotopic (exact) mass is 351 g/mol. The second-order valence-electron chi connectivity index (χ2n) is 5.73. The molecule has 0 radical (unpaired) electrons. The number of pyridine rings is 1. The van der Waals surface area contributed by atoms with Crippen LogP contribution in [-0.2, 0) is 6.18 Å². The Morgan fingerprint density at radius 1 is 1.12 bits per heavy atom. The van der Waals surface area contributed by atoms with Gasteiger partial charge in [0.25, 0.3) is 5.91 Å². The summed E-state index contributed by atoms with van der Waals surface area (Å²) in [5.41, 5.74) is -0.503. The summed E-state index contributed by atoms with van der Waals surface area (Å²) < 4.78 is 37.7. The van der Waals surface area contributed by atoms with Crippen LogP contribution in [0.25, 0.3) is 0 Å². The van der Waals surface area contributed by atoms with Gasteiger partial charge in [0, 0.05) is 37.7 Å². The number of nitrogens with one attached hydrogen (secondary N) is 1. The van der Waals surface area contributed by atoms with Gasteiger partial charge in [-0.25, -0.2) is 9.97 Å². The fourth-order valence-electron chi connectivity index (χ4n) is 2.67. The standard InChI is InChI=1S/C16H16F3N5O/c17-16(18,19)11-1-2-14(22-9-11)24-7-3-12(4-8-24)23-15(25)13-10-20-5-6-21-13/h1-2,5-6,9-10,12H,3-4,7-8H2,(H,23,25). The Bertz CT molecular complexity index is 713. The molecular weight excluding hydrogens is 335 g/mol. The normalized spacial score (nSPS) is 15.9. The van der Waals surface area contributed by atoms with Crippen LogP contribution in [0.2, 0.25) is 0 Å². The van der Waals surface area contributed by atoms with Gasteiger partial charge in [-0.05, 0) is 25.0 Å². The van der Waals surface area contributed by atoms with Crippen LogP contribution in [0.3, 0.4) is 0 Å². The van der Waals surface area contributed by atoms with Gasteiger partial charge < -0.3 is 10.2 Å². The number of hydrogen-bond donors (Lipinski definition) is 1. The highest BCUT2D eigenvalue weighted by molar-refractivity contribution is 5.92. The van der Waals surface area contributed by atoms with Crippen LogP contribution in [-0.4, -0.2) is 40.0 Å². The number of carbonyl (C=O) groups excluding carboxylic acids is 1. The number of anilines is 1. The molecule has 1 saturated heterocycles. The third kappa shape index (κ3) is 4.23. The van der Waals surface area contributed by atoms with Crippen molar-refractivity contribution in [3.05, 3.63) is 48.2 Å². The van der Waals surface area contributed by atoms with Gasteiger partial charge in [0.2, 0.25) is 0 Å². The van der Waals surface area contributed by atoms with Gasteiger partial charge in [0.05, 0.1) is 11.8 Å². The molecule has 2 aromatic rings. The molecule has 0 unspecified atom stereocenters. The molecule has 2 aromatic heterocycles. The van der Waals surface area contributed by atoms with E-state index in [1.165, 1.54) is 24.7 Å². The van der Waals surface area contributed by atoms with E-state index in [-0.39, 0.29) is 17.6 Å². The van der Waals surface area contributed by atoms with E-state index in [1.54, 1.807) is 0 Å². The fraction of sp³-hybridized carbons (Fsp3) is 0.375. The zero-order chi connectivity index (χ0) is 17.9. The number of hydrogen-bond acceptors (Lipinski definition) is 5. The average molecular weight is 351 g/mol. The van der Waals surface area contributed by atoms with Crippen molar-refractivity contribution in [2.75, 3.05) is 18.0 Å². The first-order valence-electron chi connectivity index (χ1n) is 7.78. The van der Waals surface area contributed by atoms with Crippen molar-refractivity contribution in [2.45, 2.75) is 25.1 Å². The predicted octanol–water partition coefficient (Wildman–Crippen LogP) is 2.29.